The second-order valence-electron chi connectivity index (χ2n) is 4.90. The lowest BCUT2D eigenvalue weighted by molar-refractivity contribution is 0.443. The summed E-state index contributed by atoms with van der Waals surface area (Å²) in [6, 6.07) is 0.644. The van der Waals surface area contributed by atoms with E-state index < -0.39 is 10.2 Å². The lowest BCUT2D eigenvalue weighted by atomic mass is 10.4. The molecule has 0 bridgehead atoms. The minimum atomic E-state index is -3.50. The van der Waals surface area contributed by atoms with Crippen LogP contribution in [-0.4, -0.2) is 43.9 Å². The van der Waals surface area contributed by atoms with Crippen LogP contribution in [0.25, 0.3) is 0 Å². The number of thiazole rings is 1. The lowest BCUT2D eigenvalue weighted by Crippen LogP contribution is -2.39. The number of nitrogens with zero attached hydrogens (tertiary/aromatic N) is 1. The molecule has 114 valence electrons. The Morgan fingerprint density at radius 3 is 2.85 bits per heavy atom. The second-order valence-corrected chi connectivity index (χ2v) is 7.61. The molecule has 0 spiro atoms. The monoisotopic (exact) mass is 320 g/mol. The van der Waals surface area contributed by atoms with Crippen molar-refractivity contribution in [2.45, 2.75) is 31.8 Å². The maximum Gasteiger partial charge on any atom is 0.304 e. The van der Waals surface area contributed by atoms with Gasteiger partial charge in [-0.15, -0.1) is 0 Å². The first-order chi connectivity index (χ1) is 9.47. The van der Waals surface area contributed by atoms with Crippen molar-refractivity contribution in [2.24, 2.45) is 0 Å². The fourth-order valence-electron chi connectivity index (χ4n) is 1.70. The lowest BCUT2D eigenvalue weighted by Gasteiger charge is -2.17. The summed E-state index contributed by atoms with van der Waals surface area (Å²) >= 11 is 1.02. The van der Waals surface area contributed by atoms with Crippen molar-refractivity contribution in [1.29, 1.82) is 0 Å². The van der Waals surface area contributed by atoms with Gasteiger partial charge in [-0.3, -0.25) is 4.79 Å². The smallest absolute Gasteiger partial charge is 0.304 e. The third-order valence-electron chi connectivity index (χ3n) is 3.09. The summed E-state index contributed by atoms with van der Waals surface area (Å²) in [5.41, 5.74) is 0.576. The van der Waals surface area contributed by atoms with Crippen LogP contribution in [0.15, 0.2) is 10.2 Å². The third-order valence-corrected chi connectivity index (χ3v) is 5.32. The van der Waals surface area contributed by atoms with E-state index in [9.17, 15) is 13.2 Å². The summed E-state index contributed by atoms with van der Waals surface area (Å²) < 4.78 is 27.7. The van der Waals surface area contributed by atoms with Gasteiger partial charge in [0.25, 0.3) is 10.2 Å². The van der Waals surface area contributed by atoms with E-state index in [1.165, 1.54) is 17.1 Å². The predicted octanol–water partition coefficient (Wildman–Crippen LogP) is -0.155. The summed E-state index contributed by atoms with van der Waals surface area (Å²) in [6.07, 6.45) is 3.24. The summed E-state index contributed by atoms with van der Waals surface area (Å²) in [4.78, 5) is 13.3. The third kappa shape index (κ3) is 4.98. The summed E-state index contributed by atoms with van der Waals surface area (Å²) in [7, 11) is -1.94. The normalized spacial score (nSPS) is 15.9. The number of rotatable bonds is 9. The highest BCUT2D eigenvalue weighted by atomic mass is 32.2. The standard InChI is InChI=1S/C11H20N4O3S2/c1-15(6-2-5-12-9-3-4-9)20(17,18)13-7-10-8-19-11(16)14-10/h8-9,12-13H,2-7H2,1H3,(H,14,16). The zero-order valence-electron chi connectivity index (χ0n) is 11.4. The highest BCUT2D eigenvalue weighted by Crippen LogP contribution is 2.18. The first kappa shape index (κ1) is 15.6. The quantitative estimate of drug-likeness (QED) is 0.551. The Morgan fingerprint density at radius 2 is 2.25 bits per heavy atom. The van der Waals surface area contributed by atoms with Gasteiger partial charge in [0.05, 0.1) is 6.54 Å². The van der Waals surface area contributed by atoms with Gasteiger partial charge in [0.15, 0.2) is 0 Å². The first-order valence-electron chi connectivity index (χ1n) is 6.58. The molecule has 0 amide bonds. The van der Waals surface area contributed by atoms with Gasteiger partial charge >= 0.3 is 4.87 Å². The number of hydrogen-bond acceptors (Lipinski definition) is 5. The Hall–Kier alpha value is -0.740. The molecular weight excluding hydrogens is 300 g/mol. The largest absolute Gasteiger partial charge is 0.315 e. The number of hydrogen-bond donors (Lipinski definition) is 3. The van der Waals surface area contributed by atoms with E-state index >= 15 is 0 Å². The van der Waals surface area contributed by atoms with Gasteiger partial charge in [0.1, 0.15) is 0 Å². The van der Waals surface area contributed by atoms with Crippen LogP contribution in [0, 0.1) is 0 Å². The molecule has 1 aromatic heterocycles. The average molecular weight is 320 g/mol. The summed E-state index contributed by atoms with van der Waals surface area (Å²) in [6.45, 7) is 1.41. The molecule has 1 saturated carbocycles. The van der Waals surface area contributed by atoms with Gasteiger partial charge in [-0.2, -0.15) is 17.4 Å². The van der Waals surface area contributed by atoms with Crippen molar-refractivity contribution in [1.82, 2.24) is 19.3 Å². The van der Waals surface area contributed by atoms with Crippen LogP contribution in [0.5, 0.6) is 0 Å². The molecule has 0 saturated heterocycles. The molecule has 0 unspecified atom stereocenters. The maximum absolute atomic E-state index is 12.0. The van der Waals surface area contributed by atoms with Crippen LogP contribution in [0.3, 0.4) is 0 Å². The van der Waals surface area contributed by atoms with Gasteiger partial charge < -0.3 is 10.3 Å². The highest BCUT2D eigenvalue weighted by Gasteiger charge is 2.20. The van der Waals surface area contributed by atoms with Gasteiger partial charge in [-0.05, 0) is 25.8 Å². The minimum Gasteiger partial charge on any atom is -0.315 e. The van der Waals surface area contributed by atoms with Gasteiger partial charge in [-0.25, -0.2) is 0 Å². The SMILES string of the molecule is CN(CCCNC1CC1)S(=O)(=O)NCc1csc(=O)[nH]1. The second kappa shape index (κ2) is 6.81. The van der Waals surface area contributed by atoms with E-state index in [0.29, 0.717) is 18.3 Å². The molecule has 9 heteroatoms. The highest BCUT2D eigenvalue weighted by molar-refractivity contribution is 7.87. The Morgan fingerprint density at radius 1 is 1.50 bits per heavy atom. The molecule has 7 nitrogen and oxygen atoms in total. The Kier molecular flexibility index (Phi) is 5.33. The first-order valence-corrected chi connectivity index (χ1v) is 8.90. The van der Waals surface area contributed by atoms with Gasteiger partial charge in [0.2, 0.25) is 0 Å². The zero-order chi connectivity index (χ0) is 14.6. The van der Waals surface area contributed by atoms with E-state index in [2.05, 4.69) is 15.0 Å². The number of aromatic nitrogens is 1. The molecule has 2 rings (SSSR count). The maximum atomic E-state index is 12.0. The number of H-pyrrole nitrogens is 1. The number of nitrogens with one attached hydrogen (secondary N) is 3. The van der Waals surface area contributed by atoms with Crippen molar-refractivity contribution in [2.75, 3.05) is 20.1 Å². The molecule has 1 aliphatic carbocycles. The molecule has 0 aromatic carbocycles. The molecule has 1 fully saturated rings. The Labute approximate surface area is 122 Å². The summed E-state index contributed by atoms with van der Waals surface area (Å²) in [5, 5.41) is 4.96. The fraction of sp³-hybridized carbons (Fsp3) is 0.727. The van der Waals surface area contributed by atoms with E-state index in [1.807, 2.05) is 0 Å². The van der Waals surface area contributed by atoms with Crippen molar-refractivity contribution in [3.8, 4) is 0 Å². The van der Waals surface area contributed by atoms with E-state index in [1.54, 1.807) is 12.4 Å². The Balaban J connectivity index is 1.71. The van der Waals surface area contributed by atoms with Gasteiger partial charge in [-0.1, -0.05) is 11.3 Å². The molecule has 0 atom stereocenters. The zero-order valence-corrected chi connectivity index (χ0v) is 13.0. The van der Waals surface area contributed by atoms with Crippen molar-refractivity contribution >= 4 is 21.5 Å². The van der Waals surface area contributed by atoms with Gasteiger partial charge in [0, 0.05) is 30.7 Å². The molecule has 0 aliphatic heterocycles. The predicted molar refractivity (Wildman–Crippen MR) is 79.0 cm³/mol. The van der Waals surface area contributed by atoms with Crippen LogP contribution in [-0.2, 0) is 16.8 Å². The van der Waals surface area contributed by atoms with Crippen LogP contribution in [0.4, 0.5) is 0 Å². The molecule has 3 N–H and O–H groups in total. The van der Waals surface area contributed by atoms with Crippen LogP contribution in [0.1, 0.15) is 25.0 Å². The van der Waals surface area contributed by atoms with Crippen LogP contribution < -0.4 is 14.9 Å². The molecule has 1 aromatic rings. The van der Waals surface area contributed by atoms with Crippen molar-refractivity contribution < 1.29 is 8.42 Å². The number of aromatic amines is 1. The van der Waals surface area contributed by atoms with Crippen LogP contribution in [0.2, 0.25) is 0 Å². The minimum absolute atomic E-state index is 0.103. The van der Waals surface area contributed by atoms with E-state index in [-0.39, 0.29) is 11.4 Å². The fourth-order valence-corrected chi connectivity index (χ4v) is 3.20. The summed E-state index contributed by atoms with van der Waals surface area (Å²) in [5.74, 6) is 0. The topological polar surface area (TPSA) is 94.3 Å². The van der Waals surface area contributed by atoms with Crippen molar-refractivity contribution in [3.05, 3.63) is 20.7 Å². The van der Waals surface area contributed by atoms with E-state index in [0.717, 1.165) is 24.3 Å². The average Bonchev–Trinajstić information content (AvgIpc) is 3.13. The molecule has 1 aliphatic rings. The van der Waals surface area contributed by atoms with Crippen LogP contribution >= 0.6 is 11.3 Å². The molecule has 20 heavy (non-hydrogen) atoms. The van der Waals surface area contributed by atoms with Crippen molar-refractivity contribution in [3.63, 3.8) is 0 Å². The van der Waals surface area contributed by atoms with E-state index in [4.69, 9.17) is 0 Å². The Bertz CT molecular complexity index is 576. The molecular formula is C11H20N4O3S2. The molecule has 1 heterocycles. The molecule has 0 radical (unpaired) electrons.